The largest absolute Gasteiger partial charge is 0.380 e. The third kappa shape index (κ3) is 1.87. The monoisotopic (exact) mass is 260 g/mol. The highest BCUT2D eigenvalue weighted by Gasteiger charge is 2.40. The van der Waals surface area contributed by atoms with Gasteiger partial charge in [0, 0.05) is 18.3 Å². The fraction of sp³-hybridized carbons (Fsp3) is 0.400. The Hall–Kier alpha value is -1.68. The van der Waals surface area contributed by atoms with Crippen LogP contribution >= 0.6 is 0 Å². The lowest BCUT2D eigenvalue weighted by atomic mass is 9.90. The summed E-state index contributed by atoms with van der Waals surface area (Å²) in [5.41, 5.74) is 0.978. The van der Waals surface area contributed by atoms with Crippen molar-refractivity contribution in [2.75, 3.05) is 0 Å². The molecular formula is C15H17FN2O. The van der Waals surface area contributed by atoms with Gasteiger partial charge in [0.1, 0.15) is 11.4 Å². The molecule has 3 rings (SSSR count). The van der Waals surface area contributed by atoms with Gasteiger partial charge in [0.25, 0.3) is 0 Å². The zero-order valence-electron chi connectivity index (χ0n) is 10.9. The second kappa shape index (κ2) is 4.46. The molecule has 1 heterocycles. The Balaban J connectivity index is 2.03. The van der Waals surface area contributed by atoms with Gasteiger partial charge in [-0.15, -0.1) is 0 Å². The summed E-state index contributed by atoms with van der Waals surface area (Å²) < 4.78 is 15.6. The number of halogens is 1. The van der Waals surface area contributed by atoms with Crippen LogP contribution in [0.1, 0.15) is 36.5 Å². The van der Waals surface area contributed by atoms with E-state index in [1.807, 2.05) is 16.9 Å². The molecule has 100 valence electrons. The van der Waals surface area contributed by atoms with Crippen molar-refractivity contribution >= 4 is 0 Å². The van der Waals surface area contributed by atoms with Crippen LogP contribution in [0.5, 0.6) is 0 Å². The quantitative estimate of drug-likeness (QED) is 0.921. The van der Waals surface area contributed by atoms with E-state index in [0.29, 0.717) is 24.0 Å². The number of aryl methyl sites for hydroxylation is 1. The fourth-order valence-electron chi connectivity index (χ4n) is 2.87. The predicted octanol–water partition coefficient (Wildman–Crippen LogP) is 2.61. The summed E-state index contributed by atoms with van der Waals surface area (Å²) in [6, 6.07) is 4.91. The van der Waals surface area contributed by atoms with Crippen molar-refractivity contribution in [3.05, 3.63) is 53.1 Å². The van der Waals surface area contributed by atoms with Gasteiger partial charge in [0.2, 0.25) is 0 Å². The van der Waals surface area contributed by atoms with Gasteiger partial charge >= 0.3 is 0 Å². The number of aliphatic hydroxyl groups is 1. The number of fused-ring (bicyclic) bond motifs is 1. The number of benzene rings is 1. The molecule has 1 aliphatic carbocycles. The minimum atomic E-state index is -1.09. The summed E-state index contributed by atoms with van der Waals surface area (Å²) in [7, 11) is 0. The van der Waals surface area contributed by atoms with Crippen molar-refractivity contribution < 1.29 is 9.50 Å². The molecule has 3 nitrogen and oxygen atoms in total. The van der Waals surface area contributed by atoms with Crippen molar-refractivity contribution in [3.63, 3.8) is 0 Å². The number of hydrogen-bond acceptors (Lipinski definition) is 2. The Morgan fingerprint density at radius 3 is 3.11 bits per heavy atom. The number of aromatic nitrogens is 2. The average Bonchev–Trinajstić information content (AvgIpc) is 2.98. The predicted molar refractivity (Wildman–Crippen MR) is 70.2 cm³/mol. The normalized spacial score (nSPS) is 21.6. The molecule has 1 atom stereocenters. The third-order valence-electron chi connectivity index (χ3n) is 3.86. The lowest BCUT2D eigenvalue weighted by Crippen LogP contribution is -2.23. The van der Waals surface area contributed by atoms with Crippen LogP contribution in [-0.2, 0) is 18.6 Å². The van der Waals surface area contributed by atoms with Gasteiger partial charge < -0.3 is 5.11 Å². The van der Waals surface area contributed by atoms with Gasteiger partial charge in [-0.3, -0.25) is 4.68 Å². The van der Waals surface area contributed by atoms with Gasteiger partial charge in [-0.1, -0.05) is 19.1 Å². The molecule has 0 radical (unpaired) electrons. The van der Waals surface area contributed by atoms with Gasteiger partial charge in [-0.2, -0.15) is 5.10 Å². The Morgan fingerprint density at radius 2 is 2.32 bits per heavy atom. The number of nitrogens with zero attached hydrogens (tertiary/aromatic N) is 2. The molecule has 1 N–H and O–H groups in total. The summed E-state index contributed by atoms with van der Waals surface area (Å²) in [4.78, 5) is 0. The molecule has 0 spiro atoms. The third-order valence-corrected chi connectivity index (χ3v) is 3.86. The molecule has 19 heavy (non-hydrogen) atoms. The van der Waals surface area contributed by atoms with Crippen LogP contribution in [0.4, 0.5) is 4.39 Å². The van der Waals surface area contributed by atoms with Gasteiger partial charge in [-0.25, -0.2) is 4.39 Å². The Bertz CT molecular complexity index is 608. The second-order valence-corrected chi connectivity index (χ2v) is 5.12. The molecule has 0 saturated carbocycles. The molecule has 0 aliphatic heterocycles. The SMILES string of the molecule is CCCn1cc(C2(O)CCc3c(F)cccc32)cn1. The highest BCUT2D eigenvalue weighted by Crippen LogP contribution is 2.42. The molecule has 0 saturated heterocycles. The topological polar surface area (TPSA) is 38.0 Å². The van der Waals surface area contributed by atoms with Crippen molar-refractivity contribution in [1.29, 1.82) is 0 Å². The molecule has 2 aromatic rings. The van der Waals surface area contributed by atoms with Gasteiger partial charge in [0.15, 0.2) is 0 Å². The van der Waals surface area contributed by atoms with Crippen molar-refractivity contribution in [1.82, 2.24) is 9.78 Å². The zero-order valence-corrected chi connectivity index (χ0v) is 10.9. The first kappa shape index (κ1) is 12.4. The number of rotatable bonds is 3. The van der Waals surface area contributed by atoms with Crippen LogP contribution in [-0.4, -0.2) is 14.9 Å². The van der Waals surface area contributed by atoms with E-state index in [2.05, 4.69) is 12.0 Å². The van der Waals surface area contributed by atoms with Crippen molar-refractivity contribution in [2.45, 2.75) is 38.3 Å². The standard InChI is InChI=1S/C15H17FN2O/c1-2-8-18-10-11(9-17-18)15(19)7-6-12-13(15)4-3-5-14(12)16/h3-5,9-10,19H,2,6-8H2,1H3. The second-order valence-electron chi connectivity index (χ2n) is 5.12. The zero-order chi connectivity index (χ0) is 13.5. The van der Waals surface area contributed by atoms with E-state index in [1.54, 1.807) is 12.3 Å². The Morgan fingerprint density at radius 1 is 1.47 bits per heavy atom. The van der Waals surface area contributed by atoms with Crippen molar-refractivity contribution in [3.8, 4) is 0 Å². The summed E-state index contributed by atoms with van der Waals surface area (Å²) in [6.07, 6.45) is 5.63. The van der Waals surface area contributed by atoms with E-state index >= 15 is 0 Å². The summed E-state index contributed by atoms with van der Waals surface area (Å²) in [5, 5.41) is 15.2. The maximum atomic E-state index is 13.7. The van der Waals surface area contributed by atoms with Crippen LogP contribution in [0, 0.1) is 5.82 Å². The first-order valence-corrected chi connectivity index (χ1v) is 6.68. The van der Waals surface area contributed by atoms with Crippen LogP contribution < -0.4 is 0 Å². The average molecular weight is 260 g/mol. The van der Waals surface area contributed by atoms with Crippen LogP contribution in [0.3, 0.4) is 0 Å². The first-order chi connectivity index (χ1) is 9.15. The van der Waals surface area contributed by atoms with E-state index in [4.69, 9.17) is 0 Å². The van der Waals surface area contributed by atoms with Crippen molar-refractivity contribution in [2.24, 2.45) is 0 Å². The minimum Gasteiger partial charge on any atom is -0.380 e. The van der Waals surface area contributed by atoms with Crippen LogP contribution in [0.15, 0.2) is 30.6 Å². The van der Waals surface area contributed by atoms with Crippen LogP contribution in [0.2, 0.25) is 0 Å². The molecule has 1 aromatic heterocycles. The first-order valence-electron chi connectivity index (χ1n) is 6.68. The maximum Gasteiger partial charge on any atom is 0.126 e. The van der Waals surface area contributed by atoms with Crippen LogP contribution in [0.25, 0.3) is 0 Å². The maximum absolute atomic E-state index is 13.7. The number of hydrogen-bond donors (Lipinski definition) is 1. The molecule has 4 heteroatoms. The molecular weight excluding hydrogens is 243 g/mol. The lowest BCUT2D eigenvalue weighted by molar-refractivity contribution is 0.0828. The smallest absolute Gasteiger partial charge is 0.126 e. The molecule has 1 unspecified atom stereocenters. The minimum absolute atomic E-state index is 0.227. The Kier molecular flexibility index (Phi) is 2.90. The van der Waals surface area contributed by atoms with Gasteiger partial charge in [-0.05, 0) is 36.5 Å². The van der Waals surface area contributed by atoms with E-state index in [1.165, 1.54) is 6.07 Å². The van der Waals surface area contributed by atoms with E-state index in [-0.39, 0.29) is 5.82 Å². The highest BCUT2D eigenvalue weighted by molar-refractivity contribution is 5.44. The highest BCUT2D eigenvalue weighted by atomic mass is 19.1. The summed E-state index contributed by atoms with van der Waals surface area (Å²) in [6.45, 7) is 2.91. The lowest BCUT2D eigenvalue weighted by Gasteiger charge is -2.22. The van der Waals surface area contributed by atoms with Gasteiger partial charge in [0.05, 0.1) is 6.20 Å². The van der Waals surface area contributed by atoms with E-state index in [0.717, 1.165) is 18.5 Å². The fourth-order valence-corrected chi connectivity index (χ4v) is 2.87. The summed E-state index contributed by atoms with van der Waals surface area (Å²) in [5.74, 6) is -0.227. The van der Waals surface area contributed by atoms with E-state index in [9.17, 15) is 9.50 Å². The summed E-state index contributed by atoms with van der Waals surface area (Å²) >= 11 is 0. The molecule has 0 amide bonds. The molecule has 0 fully saturated rings. The molecule has 1 aromatic carbocycles. The molecule has 0 bridgehead atoms. The van der Waals surface area contributed by atoms with E-state index < -0.39 is 5.60 Å². The molecule has 1 aliphatic rings. The Labute approximate surface area is 111 Å².